The van der Waals surface area contributed by atoms with E-state index in [9.17, 15) is 10.2 Å². The highest BCUT2D eigenvalue weighted by Gasteiger charge is 2.33. The molecule has 0 spiro atoms. The van der Waals surface area contributed by atoms with Crippen LogP contribution in [0.1, 0.15) is 45.5 Å². The number of hydrogen-bond acceptors (Lipinski definition) is 8. The lowest BCUT2D eigenvalue weighted by Crippen LogP contribution is -2.33. The van der Waals surface area contributed by atoms with Crippen molar-refractivity contribution >= 4 is 0 Å². The molecule has 0 aliphatic carbocycles. The van der Waals surface area contributed by atoms with Crippen molar-refractivity contribution < 1.29 is 29.2 Å². The van der Waals surface area contributed by atoms with Crippen molar-refractivity contribution in [2.24, 2.45) is 0 Å². The third-order valence-corrected chi connectivity index (χ3v) is 9.00. The minimum atomic E-state index is -0.0843. The molecule has 6 bridgehead atoms. The lowest BCUT2D eigenvalue weighted by molar-refractivity contribution is 0.222. The Kier molecular flexibility index (Phi) is 7.03. The lowest BCUT2D eigenvalue weighted by Gasteiger charge is -2.36. The van der Waals surface area contributed by atoms with E-state index in [0.29, 0.717) is 40.9 Å². The monoisotopic (exact) mass is 580 g/mol. The van der Waals surface area contributed by atoms with Crippen LogP contribution < -0.4 is 24.3 Å². The highest BCUT2D eigenvalue weighted by atomic mass is 16.5. The maximum Gasteiger partial charge on any atom is 0.201 e. The van der Waals surface area contributed by atoms with Crippen LogP contribution in [-0.4, -0.2) is 49.5 Å². The Balaban J connectivity index is 1.41. The van der Waals surface area contributed by atoms with Crippen LogP contribution in [0.3, 0.4) is 0 Å². The molecule has 0 saturated heterocycles. The highest BCUT2D eigenvalue weighted by molar-refractivity contribution is 5.62. The van der Waals surface area contributed by atoms with Crippen molar-refractivity contribution in [2.75, 3.05) is 34.4 Å². The topological polar surface area (TPSA) is 92.7 Å². The number of fused-ring (bicyclic) bond motifs is 2. The van der Waals surface area contributed by atoms with Gasteiger partial charge >= 0.3 is 0 Å². The summed E-state index contributed by atoms with van der Waals surface area (Å²) in [6.07, 6.45) is 3.02. The third kappa shape index (κ3) is 5.00. The third-order valence-electron chi connectivity index (χ3n) is 9.00. The fourth-order valence-corrected chi connectivity index (χ4v) is 6.69. The van der Waals surface area contributed by atoms with Crippen LogP contribution in [0.4, 0.5) is 0 Å². The second-order valence-corrected chi connectivity index (χ2v) is 11.6. The Hall–Kier alpha value is -4.40. The SMILES string of the molecule is COc1ccc2cc1Oc1cc3c(cc1O)CCN[C@H]3Cc1ccc(cc1)Oc1c(O)c(OC)cc3c1[C@H](C2)N(C)CC3. The second kappa shape index (κ2) is 11.0. The molecule has 4 aromatic rings. The van der Waals surface area contributed by atoms with Crippen molar-refractivity contribution in [3.8, 4) is 46.0 Å². The summed E-state index contributed by atoms with van der Waals surface area (Å²) in [4.78, 5) is 2.29. The molecule has 4 aliphatic heterocycles. The number of aromatic hydroxyl groups is 2. The van der Waals surface area contributed by atoms with Crippen LogP contribution >= 0.6 is 0 Å². The van der Waals surface area contributed by atoms with Crippen LogP contribution in [0.2, 0.25) is 0 Å². The summed E-state index contributed by atoms with van der Waals surface area (Å²) in [5.41, 5.74) is 6.41. The van der Waals surface area contributed by atoms with Gasteiger partial charge in [0.15, 0.2) is 34.5 Å². The average Bonchev–Trinajstić information content (AvgIpc) is 3.01. The fraction of sp³-hybridized carbons (Fsp3) is 0.314. The molecule has 0 unspecified atom stereocenters. The predicted octanol–water partition coefficient (Wildman–Crippen LogP) is 6.21. The van der Waals surface area contributed by atoms with Gasteiger partial charge < -0.3 is 34.5 Å². The van der Waals surface area contributed by atoms with Crippen molar-refractivity contribution in [3.05, 3.63) is 94.0 Å². The molecule has 4 heterocycles. The van der Waals surface area contributed by atoms with Gasteiger partial charge in [-0.25, -0.2) is 0 Å². The van der Waals surface area contributed by atoms with Crippen molar-refractivity contribution in [3.63, 3.8) is 0 Å². The van der Waals surface area contributed by atoms with E-state index in [4.69, 9.17) is 18.9 Å². The van der Waals surface area contributed by atoms with Crippen LogP contribution in [-0.2, 0) is 25.7 Å². The average molecular weight is 581 g/mol. The smallest absolute Gasteiger partial charge is 0.201 e. The van der Waals surface area contributed by atoms with E-state index in [0.717, 1.165) is 65.7 Å². The molecule has 0 aromatic heterocycles. The van der Waals surface area contributed by atoms with E-state index in [-0.39, 0.29) is 23.6 Å². The Bertz CT molecular complexity index is 1690. The number of methoxy groups -OCH3 is 2. The lowest BCUT2D eigenvalue weighted by atomic mass is 9.87. The standard InChI is InChI=1S/C35H36N2O6/c1-37-13-11-23-18-32(41-3)34(39)35-33(23)27(37)15-21-6-9-29(40-2)31(16-21)43-30-19-25-22(17-28(30)38)10-12-36-26(25)14-20-4-7-24(42-35)8-5-20/h4-9,16-19,26-27,36,38-39H,10-15H2,1-3H3/t26-,27-/m0/s1. The summed E-state index contributed by atoms with van der Waals surface area (Å²) >= 11 is 0. The maximum absolute atomic E-state index is 11.4. The summed E-state index contributed by atoms with van der Waals surface area (Å²) in [6.45, 7) is 1.67. The molecular formula is C35H36N2O6. The summed E-state index contributed by atoms with van der Waals surface area (Å²) in [5.74, 6) is 3.07. The van der Waals surface area contributed by atoms with E-state index in [2.05, 4.69) is 29.4 Å². The van der Waals surface area contributed by atoms with Crippen LogP contribution in [0.25, 0.3) is 0 Å². The first-order valence-corrected chi connectivity index (χ1v) is 14.8. The molecule has 8 heteroatoms. The molecule has 8 nitrogen and oxygen atoms in total. The van der Waals surface area contributed by atoms with Crippen LogP contribution in [0.5, 0.6) is 46.0 Å². The van der Waals surface area contributed by atoms with E-state index in [1.807, 2.05) is 48.5 Å². The van der Waals surface area contributed by atoms with E-state index in [1.54, 1.807) is 14.2 Å². The zero-order valence-corrected chi connectivity index (χ0v) is 24.6. The normalized spacial score (nSPS) is 19.3. The number of hydrogen-bond donors (Lipinski definition) is 3. The molecule has 43 heavy (non-hydrogen) atoms. The molecule has 8 rings (SSSR count). The first-order valence-electron chi connectivity index (χ1n) is 14.8. The minimum Gasteiger partial charge on any atom is -0.504 e. The van der Waals surface area contributed by atoms with Gasteiger partial charge in [-0.1, -0.05) is 18.2 Å². The molecule has 2 atom stereocenters. The quantitative estimate of drug-likeness (QED) is 0.258. The van der Waals surface area contributed by atoms with Crippen LogP contribution in [0.15, 0.2) is 60.7 Å². The van der Waals surface area contributed by atoms with Gasteiger partial charge in [0.25, 0.3) is 0 Å². The van der Waals surface area contributed by atoms with Gasteiger partial charge in [-0.3, -0.25) is 4.90 Å². The number of rotatable bonds is 2. The molecule has 4 aromatic carbocycles. The largest absolute Gasteiger partial charge is 0.504 e. The van der Waals surface area contributed by atoms with Gasteiger partial charge in [0, 0.05) is 24.2 Å². The number of nitrogens with zero attached hydrogens (tertiary/aromatic N) is 1. The molecule has 3 N–H and O–H groups in total. The molecular weight excluding hydrogens is 544 g/mol. The van der Waals surface area contributed by atoms with Gasteiger partial charge in [-0.05, 0) is 110 Å². The Morgan fingerprint density at radius 2 is 1.60 bits per heavy atom. The van der Waals surface area contributed by atoms with Crippen molar-refractivity contribution in [2.45, 2.75) is 37.8 Å². The number of likely N-dealkylation sites (N-methyl/N-ethyl adjacent to an activating group) is 1. The minimum absolute atomic E-state index is 0.00770. The molecule has 222 valence electrons. The number of benzene rings is 4. The molecule has 0 amide bonds. The van der Waals surface area contributed by atoms with Crippen molar-refractivity contribution in [1.29, 1.82) is 0 Å². The zero-order valence-electron chi connectivity index (χ0n) is 24.6. The molecule has 0 saturated carbocycles. The zero-order chi connectivity index (χ0) is 29.7. The maximum atomic E-state index is 11.4. The summed E-state index contributed by atoms with van der Waals surface area (Å²) in [7, 11) is 5.27. The van der Waals surface area contributed by atoms with Gasteiger partial charge in [0.2, 0.25) is 5.75 Å². The Morgan fingerprint density at radius 1 is 0.814 bits per heavy atom. The number of phenols is 2. The van der Waals surface area contributed by atoms with E-state index >= 15 is 0 Å². The van der Waals surface area contributed by atoms with Gasteiger partial charge in [0.05, 0.1) is 14.2 Å². The second-order valence-electron chi connectivity index (χ2n) is 11.6. The molecule has 0 radical (unpaired) electrons. The number of ether oxygens (including phenoxy) is 4. The first kappa shape index (κ1) is 27.4. The fourth-order valence-electron chi connectivity index (χ4n) is 6.69. The summed E-state index contributed by atoms with van der Waals surface area (Å²) < 4.78 is 24.1. The highest BCUT2D eigenvalue weighted by Crippen LogP contribution is 2.50. The predicted molar refractivity (Wildman–Crippen MR) is 163 cm³/mol. The van der Waals surface area contributed by atoms with Crippen LogP contribution in [0, 0.1) is 0 Å². The summed E-state index contributed by atoms with van der Waals surface area (Å²) in [6, 6.07) is 19.6. The van der Waals surface area contributed by atoms with Gasteiger partial charge in [0.1, 0.15) is 5.75 Å². The van der Waals surface area contributed by atoms with Crippen molar-refractivity contribution in [1.82, 2.24) is 10.2 Å². The Morgan fingerprint density at radius 3 is 2.40 bits per heavy atom. The molecule has 4 aliphatic rings. The van der Waals surface area contributed by atoms with E-state index in [1.165, 1.54) is 0 Å². The Labute approximate surface area is 251 Å². The van der Waals surface area contributed by atoms with Gasteiger partial charge in [-0.15, -0.1) is 0 Å². The number of nitrogens with one attached hydrogen (secondary N) is 1. The number of phenolic OH excluding ortho intramolecular Hbond substituents is 2. The molecule has 0 fully saturated rings. The van der Waals surface area contributed by atoms with Gasteiger partial charge in [-0.2, -0.15) is 0 Å². The first-order chi connectivity index (χ1) is 20.9. The van der Waals surface area contributed by atoms with E-state index < -0.39 is 0 Å². The summed E-state index contributed by atoms with van der Waals surface area (Å²) in [5, 5.41) is 26.0.